The molecule has 0 aliphatic carbocycles. The average Bonchev–Trinajstić information content (AvgIpc) is 2.95. The normalized spacial score (nSPS) is 10.7. The fourth-order valence-electron chi connectivity index (χ4n) is 2.37. The number of benzene rings is 2. The predicted molar refractivity (Wildman–Crippen MR) is 103 cm³/mol. The summed E-state index contributed by atoms with van der Waals surface area (Å²) >= 11 is 0. The third kappa shape index (κ3) is 3.64. The Kier molecular flexibility index (Phi) is 5.06. The molecule has 0 aliphatic heterocycles. The van der Waals surface area contributed by atoms with E-state index in [9.17, 15) is 0 Å². The second-order valence-corrected chi connectivity index (χ2v) is 5.31. The van der Waals surface area contributed by atoms with E-state index in [2.05, 4.69) is 4.98 Å². The van der Waals surface area contributed by atoms with Crippen molar-refractivity contribution in [3.05, 3.63) is 70.9 Å². The molecule has 0 saturated carbocycles. The topological polar surface area (TPSA) is 116 Å². The number of nitrogen functional groups attached to an aromatic ring is 2. The van der Waals surface area contributed by atoms with Crippen LogP contribution in [0, 0.1) is 10.8 Å². The molecule has 1 heterocycles. The van der Waals surface area contributed by atoms with Gasteiger partial charge in [-0.15, -0.1) is 12.4 Å². The highest BCUT2D eigenvalue weighted by molar-refractivity contribution is 5.99. The molecule has 5 nitrogen and oxygen atoms in total. The van der Waals surface area contributed by atoms with Crippen LogP contribution >= 0.6 is 12.4 Å². The minimum Gasteiger partial charge on any atom is -0.384 e. The zero-order valence-electron chi connectivity index (χ0n) is 12.8. The molecule has 7 N–H and O–H groups in total. The Morgan fingerprint density at radius 3 is 2.08 bits per heavy atom. The molecule has 3 rings (SSSR count). The maximum absolute atomic E-state index is 7.49. The Balaban J connectivity index is 0.00000208. The molecule has 0 radical (unpaired) electrons. The lowest BCUT2D eigenvalue weighted by Crippen LogP contribution is -2.10. The van der Waals surface area contributed by atoms with Crippen molar-refractivity contribution in [2.24, 2.45) is 11.5 Å². The predicted octanol–water partition coefficient (Wildman–Crippen LogP) is 3.33. The summed E-state index contributed by atoms with van der Waals surface area (Å²) < 4.78 is 0. The van der Waals surface area contributed by atoms with E-state index in [1.54, 1.807) is 0 Å². The largest absolute Gasteiger partial charge is 0.384 e. The fraction of sp³-hybridized carbons (Fsp3) is 0. The summed E-state index contributed by atoms with van der Waals surface area (Å²) in [4.78, 5) is 3.31. The Bertz CT molecular complexity index is 922. The van der Waals surface area contributed by atoms with Crippen molar-refractivity contribution in [2.75, 3.05) is 0 Å². The summed E-state index contributed by atoms with van der Waals surface area (Å²) in [5.41, 5.74) is 15.4. The van der Waals surface area contributed by atoms with Crippen LogP contribution < -0.4 is 11.5 Å². The molecule has 122 valence electrons. The van der Waals surface area contributed by atoms with Gasteiger partial charge in [-0.2, -0.15) is 0 Å². The molecular formula is C18H18ClN5. The number of nitrogens with one attached hydrogen (secondary N) is 3. The minimum absolute atomic E-state index is 0. The number of aromatic amines is 1. The first kappa shape index (κ1) is 17.3. The third-order valence-corrected chi connectivity index (χ3v) is 3.63. The van der Waals surface area contributed by atoms with Gasteiger partial charge in [-0.25, -0.2) is 0 Å². The molecule has 0 spiro atoms. The molecule has 0 unspecified atom stereocenters. The summed E-state index contributed by atoms with van der Waals surface area (Å²) in [5.74, 6) is 0.133. The van der Waals surface area contributed by atoms with Gasteiger partial charge < -0.3 is 16.5 Å². The zero-order chi connectivity index (χ0) is 16.4. The van der Waals surface area contributed by atoms with Crippen LogP contribution in [0.1, 0.15) is 22.4 Å². The quantitative estimate of drug-likeness (QED) is 0.370. The lowest BCUT2D eigenvalue weighted by Gasteiger charge is -1.98. The van der Waals surface area contributed by atoms with Crippen LogP contribution in [0.25, 0.3) is 23.1 Å². The van der Waals surface area contributed by atoms with Crippen LogP contribution in [-0.2, 0) is 0 Å². The Morgan fingerprint density at radius 1 is 0.833 bits per heavy atom. The maximum atomic E-state index is 7.49. The van der Waals surface area contributed by atoms with Crippen molar-refractivity contribution in [1.82, 2.24) is 4.98 Å². The van der Waals surface area contributed by atoms with Crippen LogP contribution in [-0.4, -0.2) is 16.7 Å². The Morgan fingerprint density at radius 2 is 1.46 bits per heavy atom. The number of rotatable bonds is 4. The first-order valence-electron chi connectivity index (χ1n) is 7.12. The van der Waals surface area contributed by atoms with E-state index < -0.39 is 0 Å². The van der Waals surface area contributed by atoms with E-state index >= 15 is 0 Å². The highest BCUT2D eigenvalue weighted by Crippen LogP contribution is 2.19. The number of hydrogen-bond acceptors (Lipinski definition) is 2. The maximum Gasteiger partial charge on any atom is 0.122 e. The number of nitrogens with two attached hydrogens (primary N) is 2. The number of aromatic nitrogens is 1. The van der Waals surface area contributed by atoms with Gasteiger partial charge in [0.25, 0.3) is 0 Å². The van der Waals surface area contributed by atoms with E-state index in [4.69, 9.17) is 22.3 Å². The molecule has 0 fully saturated rings. The number of fused-ring (bicyclic) bond motifs is 1. The fourth-order valence-corrected chi connectivity index (χ4v) is 2.37. The van der Waals surface area contributed by atoms with E-state index in [1.165, 1.54) is 0 Å². The van der Waals surface area contributed by atoms with E-state index in [0.29, 0.717) is 11.1 Å². The molecule has 0 saturated heterocycles. The summed E-state index contributed by atoms with van der Waals surface area (Å²) in [5, 5.41) is 15.9. The Hall–Kier alpha value is -3.05. The zero-order valence-corrected chi connectivity index (χ0v) is 13.7. The number of amidine groups is 2. The molecule has 6 heteroatoms. The van der Waals surface area contributed by atoms with Gasteiger partial charge >= 0.3 is 0 Å². The van der Waals surface area contributed by atoms with Crippen molar-refractivity contribution in [1.29, 1.82) is 10.8 Å². The number of hydrogen-bond donors (Lipinski definition) is 5. The van der Waals surface area contributed by atoms with Gasteiger partial charge in [-0.3, -0.25) is 10.8 Å². The van der Waals surface area contributed by atoms with Crippen LogP contribution in [0.2, 0.25) is 0 Å². The Labute approximate surface area is 145 Å². The molecule has 0 amide bonds. The standard InChI is InChI=1S/C18H17N5.ClH/c19-17(20)12-4-1-11(2-5-12)3-7-15-10-14-9-13(18(21)22)6-8-16(14)23-15;/h1-10,23H,(H3,19,20)(H3,21,22);1H/b7-3+;. The van der Waals surface area contributed by atoms with Gasteiger partial charge in [0.2, 0.25) is 0 Å². The van der Waals surface area contributed by atoms with Crippen molar-refractivity contribution in [3.8, 4) is 0 Å². The van der Waals surface area contributed by atoms with Crippen LogP contribution in [0.4, 0.5) is 0 Å². The van der Waals surface area contributed by atoms with Crippen LogP contribution in [0.15, 0.2) is 48.5 Å². The monoisotopic (exact) mass is 339 g/mol. The van der Waals surface area contributed by atoms with Crippen LogP contribution in [0.3, 0.4) is 0 Å². The highest BCUT2D eigenvalue weighted by atomic mass is 35.5. The van der Waals surface area contributed by atoms with Gasteiger partial charge in [-0.1, -0.05) is 30.3 Å². The lowest BCUT2D eigenvalue weighted by atomic mass is 10.1. The van der Waals surface area contributed by atoms with Crippen molar-refractivity contribution in [3.63, 3.8) is 0 Å². The van der Waals surface area contributed by atoms with Gasteiger partial charge in [-0.05, 0) is 35.9 Å². The molecule has 3 aromatic rings. The first-order chi connectivity index (χ1) is 11.0. The molecule has 0 atom stereocenters. The second kappa shape index (κ2) is 7.02. The minimum atomic E-state index is 0. The molecule has 1 aromatic heterocycles. The van der Waals surface area contributed by atoms with E-state index in [-0.39, 0.29) is 24.1 Å². The van der Waals surface area contributed by atoms with Gasteiger partial charge in [0.05, 0.1) is 0 Å². The van der Waals surface area contributed by atoms with Gasteiger partial charge in [0, 0.05) is 27.7 Å². The van der Waals surface area contributed by atoms with Crippen molar-refractivity contribution < 1.29 is 0 Å². The first-order valence-corrected chi connectivity index (χ1v) is 7.12. The summed E-state index contributed by atoms with van der Waals surface area (Å²) in [6.45, 7) is 0. The summed E-state index contributed by atoms with van der Waals surface area (Å²) in [7, 11) is 0. The molecule has 0 bridgehead atoms. The molecule has 24 heavy (non-hydrogen) atoms. The highest BCUT2D eigenvalue weighted by Gasteiger charge is 2.02. The second-order valence-electron chi connectivity index (χ2n) is 5.31. The number of halogens is 1. The summed E-state index contributed by atoms with van der Waals surface area (Å²) in [6, 6.07) is 15.2. The van der Waals surface area contributed by atoms with Gasteiger partial charge in [0.1, 0.15) is 11.7 Å². The van der Waals surface area contributed by atoms with E-state index in [1.807, 2.05) is 60.7 Å². The van der Waals surface area contributed by atoms with Crippen molar-refractivity contribution >= 4 is 47.1 Å². The van der Waals surface area contributed by atoms with E-state index in [0.717, 1.165) is 22.2 Å². The third-order valence-electron chi connectivity index (χ3n) is 3.63. The van der Waals surface area contributed by atoms with Crippen LogP contribution in [0.5, 0.6) is 0 Å². The van der Waals surface area contributed by atoms with Crippen molar-refractivity contribution in [2.45, 2.75) is 0 Å². The number of H-pyrrole nitrogens is 1. The SMILES string of the molecule is Cl.N=C(N)c1ccc(/C=C/c2cc3cc(C(=N)N)ccc3[nH]2)cc1. The summed E-state index contributed by atoms with van der Waals surface area (Å²) in [6.07, 6.45) is 3.97. The smallest absolute Gasteiger partial charge is 0.122 e. The van der Waals surface area contributed by atoms with Gasteiger partial charge in [0.15, 0.2) is 0 Å². The molecule has 0 aliphatic rings. The lowest BCUT2D eigenvalue weighted by molar-refractivity contribution is 1.42. The molecule has 2 aromatic carbocycles. The molecular weight excluding hydrogens is 322 g/mol. The average molecular weight is 340 g/mol.